The van der Waals surface area contributed by atoms with Gasteiger partial charge in [-0.05, 0) is 24.6 Å². The molecule has 0 saturated carbocycles. The van der Waals surface area contributed by atoms with Crippen LogP contribution < -0.4 is 16.2 Å². The van der Waals surface area contributed by atoms with Crippen LogP contribution in [0.15, 0.2) is 54.7 Å². The van der Waals surface area contributed by atoms with E-state index < -0.39 is 0 Å². The topological polar surface area (TPSA) is 74.2 Å². The van der Waals surface area contributed by atoms with Crippen molar-refractivity contribution in [3.63, 3.8) is 0 Å². The Kier molecular flexibility index (Phi) is 3.83. The van der Waals surface area contributed by atoms with Gasteiger partial charge in [-0.2, -0.15) is 0 Å². The number of fused-ring (bicyclic) bond motifs is 1. The highest BCUT2D eigenvalue weighted by Gasteiger charge is 2.17. The van der Waals surface area contributed by atoms with Gasteiger partial charge in [-0.3, -0.25) is 4.98 Å². The maximum atomic E-state index is 6.20. The zero-order valence-electron chi connectivity index (χ0n) is 12.5. The SMILES string of the molecule is CCC(Oc1cccc2cccnc12)c1cccc(N)c1N. The third-order valence-electron chi connectivity index (χ3n) is 3.76. The number of nitrogens with zero attached hydrogens (tertiary/aromatic N) is 1. The lowest BCUT2D eigenvalue weighted by molar-refractivity contribution is 0.204. The molecule has 1 heterocycles. The highest BCUT2D eigenvalue weighted by molar-refractivity contribution is 5.84. The van der Waals surface area contributed by atoms with Crippen molar-refractivity contribution in [1.29, 1.82) is 0 Å². The molecule has 0 spiro atoms. The van der Waals surface area contributed by atoms with Gasteiger partial charge >= 0.3 is 0 Å². The van der Waals surface area contributed by atoms with Crippen molar-refractivity contribution >= 4 is 22.3 Å². The maximum Gasteiger partial charge on any atom is 0.146 e. The van der Waals surface area contributed by atoms with Gasteiger partial charge in [-0.25, -0.2) is 0 Å². The first-order chi connectivity index (χ1) is 10.7. The number of anilines is 2. The Morgan fingerprint density at radius 1 is 1.05 bits per heavy atom. The summed E-state index contributed by atoms with van der Waals surface area (Å²) >= 11 is 0. The van der Waals surface area contributed by atoms with Crippen molar-refractivity contribution in [1.82, 2.24) is 4.98 Å². The number of pyridine rings is 1. The van der Waals surface area contributed by atoms with Crippen molar-refractivity contribution in [3.8, 4) is 5.75 Å². The first-order valence-electron chi connectivity index (χ1n) is 7.35. The Morgan fingerprint density at radius 2 is 1.82 bits per heavy atom. The van der Waals surface area contributed by atoms with Crippen LogP contribution in [0, 0.1) is 0 Å². The fourth-order valence-corrected chi connectivity index (χ4v) is 2.57. The van der Waals surface area contributed by atoms with Gasteiger partial charge in [0, 0.05) is 17.1 Å². The van der Waals surface area contributed by atoms with Crippen molar-refractivity contribution in [3.05, 3.63) is 60.3 Å². The van der Waals surface area contributed by atoms with Crippen molar-refractivity contribution in [2.24, 2.45) is 0 Å². The molecule has 2 aromatic carbocycles. The summed E-state index contributed by atoms with van der Waals surface area (Å²) in [5.74, 6) is 0.756. The van der Waals surface area contributed by atoms with Gasteiger partial charge in [0.1, 0.15) is 17.4 Å². The maximum absolute atomic E-state index is 6.20. The van der Waals surface area contributed by atoms with E-state index in [4.69, 9.17) is 16.2 Å². The summed E-state index contributed by atoms with van der Waals surface area (Å²) in [5.41, 5.74) is 14.9. The summed E-state index contributed by atoms with van der Waals surface area (Å²) in [6.07, 6.45) is 2.40. The van der Waals surface area contributed by atoms with E-state index >= 15 is 0 Å². The largest absolute Gasteiger partial charge is 0.483 e. The molecular formula is C18H19N3O. The number of rotatable bonds is 4. The first-order valence-corrected chi connectivity index (χ1v) is 7.35. The minimum Gasteiger partial charge on any atom is -0.483 e. The molecule has 0 bridgehead atoms. The van der Waals surface area contributed by atoms with Crippen LogP contribution in [0.3, 0.4) is 0 Å². The number of benzene rings is 2. The standard InChI is InChI=1S/C18H19N3O/c1-2-15(13-8-4-9-14(19)17(13)20)22-16-10-3-6-12-7-5-11-21-18(12)16/h3-11,15H,2,19-20H2,1H3. The summed E-state index contributed by atoms with van der Waals surface area (Å²) in [4.78, 5) is 4.42. The number of nitrogen functional groups attached to an aromatic ring is 2. The number of hydrogen-bond acceptors (Lipinski definition) is 4. The first kappa shape index (κ1) is 14.2. The van der Waals surface area contributed by atoms with Gasteiger partial charge in [0.15, 0.2) is 0 Å². The Balaban J connectivity index is 2.00. The Labute approximate surface area is 129 Å². The van der Waals surface area contributed by atoms with Crippen LogP contribution >= 0.6 is 0 Å². The number of para-hydroxylation sites is 2. The zero-order chi connectivity index (χ0) is 15.5. The minimum absolute atomic E-state index is 0.156. The normalized spacial score (nSPS) is 12.2. The van der Waals surface area contributed by atoms with E-state index in [-0.39, 0.29) is 6.10 Å². The van der Waals surface area contributed by atoms with Crippen LogP contribution in [-0.2, 0) is 0 Å². The lowest BCUT2D eigenvalue weighted by Crippen LogP contribution is -2.11. The van der Waals surface area contributed by atoms with Gasteiger partial charge in [0.2, 0.25) is 0 Å². The van der Waals surface area contributed by atoms with Gasteiger partial charge in [0.05, 0.1) is 11.4 Å². The van der Waals surface area contributed by atoms with E-state index in [0.29, 0.717) is 11.4 Å². The van der Waals surface area contributed by atoms with E-state index in [1.165, 1.54) is 0 Å². The number of ether oxygens (including phenoxy) is 1. The molecule has 1 unspecified atom stereocenters. The molecule has 0 saturated heterocycles. The fraction of sp³-hybridized carbons (Fsp3) is 0.167. The second-order valence-corrected chi connectivity index (χ2v) is 5.20. The van der Waals surface area contributed by atoms with E-state index in [1.54, 1.807) is 12.3 Å². The van der Waals surface area contributed by atoms with Crippen LogP contribution in [0.1, 0.15) is 25.0 Å². The number of aromatic nitrogens is 1. The lowest BCUT2D eigenvalue weighted by atomic mass is 10.0. The second-order valence-electron chi connectivity index (χ2n) is 5.20. The van der Waals surface area contributed by atoms with E-state index in [0.717, 1.165) is 28.6 Å². The molecule has 4 N–H and O–H groups in total. The Bertz CT molecular complexity index is 796. The average molecular weight is 293 g/mol. The molecule has 1 aromatic heterocycles. The van der Waals surface area contributed by atoms with Gasteiger partial charge in [-0.15, -0.1) is 0 Å². The summed E-state index contributed by atoms with van der Waals surface area (Å²) in [6.45, 7) is 2.06. The Hall–Kier alpha value is -2.75. The molecule has 112 valence electrons. The second kappa shape index (κ2) is 5.93. The predicted molar refractivity (Wildman–Crippen MR) is 90.7 cm³/mol. The molecule has 0 amide bonds. The van der Waals surface area contributed by atoms with Crippen LogP contribution in [0.5, 0.6) is 5.75 Å². The van der Waals surface area contributed by atoms with Crippen LogP contribution in [0.25, 0.3) is 10.9 Å². The molecule has 1 atom stereocenters. The molecule has 3 rings (SSSR count). The number of hydrogen-bond donors (Lipinski definition) is 2. The third-order valence-corrected chi connectivity index (χ3v) is 3.76. The van der Waals surface area contributed by atoms with Crippen molar-refractivity contribution < 1.29 is 4.74 Å². The van der Waals surface area contributed by atoms with Crippen molar-refractivity contribution in [2.45, 2.75) is 19.4 Å². The Morgan fingerprint density at radius 3 is 2.64 bits per heavy atom. The monoisotopic (exact) mass is 293 g/mol. The summed E-state index contributed by atoms with van der Waals surface area (Å²) in [7, 11) is 0. The predicted octanol–water partition coefficient (Wildman–Crippen LogP) is 3.93. The van der Waals surface area contributed by atoms with Crippen LogP contribution in [0.4, 0.5) is 11.4 Å². The van der Waals surface area contributed by atoms with Gasteiger partial charge in [-0.1, -0.05) is 37.3 Å². The molecule has 4 nitrogen and oxygen atoms in total. The molecule has 3 aromatic rings. The molecule has 22 heavy (non-hydrogen) atoms. The molecule has 0 aliphatic rings. The average Bonchev–Trinajstić information content (AvgIpc) is 2.55. The minimum atomic E-state index is -0.156. The molecule has 0 aliphatic heterocycles. The van der Waals surface area contributed by atoms with E-state index in [1.807, 2.05) is 42.5 Å². The smallest absolute Gasteiger partial charge is 0.146 e. The fourth-order valence-electron chi connectivity index (χ4n) is 2.57. The van der Waals surface area contributed by atoms with Crippen LogP contribution in [-0.4, -0.2) is 4.98 Å². The van der Waals surface area contributed by atoms with E-state index in [9.17, 15) is 0 Å². The van der Waals surface area contributed by atoms with Gasteiger partial charge in [0.25, 0.3) is 0 Å². The van der Waals surface area contributed by atoms with Crippen molar-refractivity contribution in [2.75, 3.05) is 11.5 Å². The highest BCUT2D eigenvalue weighted by atomic mass is 16.5. The molecular weight excluding hydrogens is 274 g/mol. The van der Waals surface area contributed by atoms with E-state index in [2.05, 4.69) is 11.9 Å². The van der Waals surface area contributed by atoms with Gasteiger partial charge < -0.3 is 16.2 Å². The summed E-state index contributed by atoms with van der Waals surface area (Å²) in [5, 5.41) is 1.05. The summed E-state index contributed by atoms with van der Waals surface area (Å²) in [6, 6.07) is 15.5. The molecule has 0 radical (unpaired) electrons. The van der Waals surface area contributed by atoms with Crippen LogP contribution in [0.2, 0.25) is 0 Å². The quantitative estimate of drug-likeness (QED) is 0.715. The molecule has 0 aliphatic carbocycles. The highest BCUT2D eigenvalue weighted by Crippen LogP contribution is 2.33. The molecule has 4 heteroatoms. The number of nitrogens with two attached hydrogens (primary N) is 2. The summed E-state index contributed by atoms with van der Waals surface area (Å²) < 4.78 is 6.20. The third kappa shape index (κ3) is 2.55. The zero-order valence-corrected chi connectivity index (χ0v) is 12.5. The molecule has 0 fully saturated rings. The lowest BCUT2D eigenvalue weighted by Gasteiger charge is -2.21.